The van der Waals surface area contributed by atoms with Crippen molar-refractivity contribution in [2.75, 3.05) is 5.32 Å². The first-order valence-electron chi connectivity index (χ1n) is 7.35. The summed E-state index contributed by atoms with van der Waals surface area (Å²) in [5.41, 5.74) is 2.40. The molecule has 5 nitrogen and oxygen atoms in total. The Kier molecular flexibility index (Phi) is 4.21. The van der Waals surface area contributed by atoms with Gasteiger partial charge >= 0.3 is 0 Å². The third-order valence-electron chi connectivity index (χ3n) is 3.46. The highest BCUT2D eigenvalue weighted by atomic mass is 35.5. The van der Waals surface area contributed by atoms with Gasteiger partial charge in [0.1, 0.15) is 17.1 Å². The van der Waals surface area contributed by atoms with Gasteiger partial charge in [0.05, 0.1) is 10.7 Å². The smallest absolute Gasteiger partial charge is 0.274 e. The molecule has 3 rings (SSSR count). The first-order chi connectivity index (χ1) is 11.1. The van der Waals surface area contributed by atoms with E-state index in [0.717, 1.165) is 12.1 Å². The van der Waals surface area contributed by atoms with E-state index in [1.165, 1.54) is 6.07 Å². The number of benzene rings is 1. The number of aromatic nitrogens is 2. The minimum Gasteiger partial charge on any atom is -0.508 e. The van der Waals surface area contributed by atoms with Gasteiger partial charge < -0.3 is 10.4 Å². The molecule has 1 amide bonds. The molecular weight excluding hydrogens is 314 g/mol. The summed E-state index contributed by atoms with van der Waals surface area (Å²) in [7, 11) is 0. The van der Waals surface area contributed by atoms with Gasteiger partial charge in [-0.1, -0.05) is 31.0 Å². The first-order valence-corrected chi connectivity index (χ1v) is 7.73. The molecule has 0 aliphatic carbocycles. The van der Waals surface area contributed by atoms with E-state index in [2.05, 4.69) is 10.3 Å². The van der Waals surface area contributed by atoms with Gasteiger partial charge in [0, 0.05) is 18.0 Å². The van der Waals surface area contributed by atoms with Crippen molar-refractivity contribution in [1.29, 1.82) is 0 Å². The van der Waals surface area contributed by atoms with Crippen LogP contribution in [0.2, 0.25) is 5.02 Å². The van der Waals surface area contributed by atoms with Gasteiger partial charge in [0.15, 0.2) is 0 Å². The van der Waals surface area contributed by atoms with Crippen LogP contribution in [0.3, 0.4) is 0 Å². The molecule has 0 fully saturated rings. The highest BCUT2D eigenvalue weighted by molar-refractivity contribution is 6.30. The number of nitrogens with zero attached hydrogens (tertiary/aromatic N) is 2. The van der Waals surface area contributed by atoms with Gasteiger partial charge in [-0.05, 0) is 30.7 Å². The van der Waals surface area contributed by atoms with Crippen LogP contribution in [0, 0.1) is 0 Å². The molecule has 2 heterocycles. The van der Waals surface area contributed by atoms with E-state index < -0.39 is 0 Å². The second-order valence-electron chi connectivity index (χ2n) is 5.24. The molecule has 0 saturated carbocycles. The number of halogens is 1. The molecule has 118 valence electrons. The number of carbonyl (C=O) groups is 1. The quantitative estimate of drug-likeness (QED) is 0.763. The summed E-state index contributed by atoms with van der Waals surface area (Å²) >= 11 is 6.05. The maximum atomic E-state index is 12.7. The van der Waals surface area contributed by atoms with Gasteiger partial charge in [-0.15, -0.1) is 0 Å². The SMILES string of the molecule is CCCc1nc2ccc(Cl)cn2c1C(=O)Nc1cccc(O)c1. The van der Waals surface area contributed by atoms with Crippen molar-refractivity contribution in [3.8, 4) is 5.75 Å². The van der Waals surface area contributed by atoms with Crippen LogP contribution in [0.15, 0.2) is 42.6 Å². The number of phenols is 1. The molecule has 6 heteroatoms. The number of hydrogen-bond acceptors (Lipinski definition) is 3. The van der Waals surface area contributed by atoms with Crippen LogP contribution in [0.4, 0.5) is 5.69 Å². The molecule has 1 aromatic carbocycles. The molecule has 2 N–H and O–H groups in total. The second kappa shape index (κ2) is 6.30. The number of hydrogen-bond donors (Lipinski definition) is 2. The van der Waals surface area contributed by atoms with Crippen molar-refractivity contribution in [3.05, 3.63) is 59.0 Å². The minimum atomic E-state index is -0.284. The number of aromatic hydroxyl groups is 1. The highest BCUT2D eigenvalue weighted by Gasteiger charge is 2.19. The van der Waals surface area contributed by atoms with E-state index in [-0.39, 0.29) is 11.7 Å². The fraction of sp³-hybridized carbons (Fsp3) is 0.176. The number of nitrogens with one attached hydrogen (secondary N) is 1. The molecule has 0 bridgehead atoms. The summed E-state index contributed by atoms with van der Waals surface area (Å²) in [5.74, 6) is -0.188. The number of aryl methyl sites for hydroxylation is 1. The van der Waals surface area contributed by atoms with E-state index in [4.69, 9.17) is 11.6 Å². The van der Waals surface area contributed by atoms with Crippen LogP contribution in [-0.2, 0) is 6.42 Å². The van der Waals surface area contributed by atoms with Crippen LogP contribution in [0.1, 0.15) is 29.5 Å². The van der Waals surface area contributed by atoms with E-state index in [1.54, 1.807) is 40.9 Å². The average Bonchev–Trinajstić information content (AvgIpc) is 2.85. The summed E-state index contributed by atoms with van der Waals surface area (Å²) in [4.78, 5) is 17.2. The van der Waals surface area contributed by atoms with Crippen molar-refractivity contribution in [3.63, 3.8) is 0 Å². The predicted molar refractivity (Wildman–Crippen MR) is 90.3 cm³/mol. The molecule has 0 spiro atoms. The number of anilines is 1. The lowest BCUT2D eigenvalue weighted by molar-refractivity contribution is 0.102. The minimum absolute atomic E-state index is 0.0952. The molecule has 2 aromatic heterocycles. The number of fused-ring (bicyclic) bond motifs is 1. The normalized spacial score (nSPS) is 10.9. The molecule has 0 saturated heterocycles. The summed E-state index contributed by atoms with van der Waals surface area (Å²) in [5, 5.41) is 12.8. The van der Waals surface area contributed by atoms with E-state index in [0.29, 0.717) is 28.5 Å². The lowest BCUT2D eigenvalue weighted by Crippen LogP contribution is -2.16. The Morgan fingerprint density at radius 1 is 1.35 bits per heavy atom. The van der Waals surface area contributed by atoms with Crippen molar-refractivity contribution >= 4 is 28.8 Å². The Hall–Kier alpha value is -2.53. The standard InChI is InChI=1S/C17H16ClN3O2/c1-2-4-14-16(21-10-11(18)7-8-15(21)20-14)17(23)19-12-5-3-6-13(22)9-12/h3,5-10,22H,2,4H2,1H3,(H,19,23). The Balaban J connectivity index is 2.04. The number of carbonyl (C=O) groups excluding carboxylic acids is 1. The van der Waals surface area contributed by atoms with Crippen LogP contribution in [0.5, 0.6) is 5.75 Å². The number of rotatable bonds is 4. The first kappa shape index (κ1) is 15.4. The summed E-state index contributed by atoms with van der Waals surface area (Å²) in [6, 6.07) is 9.96. The van der Waals surface area contributed by atoms with Crippen molar-refractivity contribution in [2.45, 2.75) is 19.8 Å². The molecule has 0 atom stereocenters. The fourth-order valence-electron chi connectivity index (χ4n) is 2.49. The molecule has 3 aromatic rings. The van der Waals surface area contributed by atoms with E-state index in [1.807, 2.05) is 6.92 Å². The van der Waals surface area contributed by atoms with Gasteiger partial charge in [-0.2, -0.15) is 0 Å². The average molecular weight is 330 g/mol. The maximum Gasteiger partial charge on any atom is 0.274 e. The third kappa shape index (κ3) is 3.14. The second-order valence-corrected chi connectivity index (χ2v) is 5.67. The van der Waals surface area contributed by atoms with E-state index in [9.17, 15) is 9.90 Å². The van der Waals surface area contributed by atoms with Crippen molar-refractivity contribution in [1.82, 2.24) is 9.38 Å². The molecule has 0 unspecified atom stereocenters. The van der Waals surface area contributed by atoms with Gasteiger partial charge in [-0.3, -0.25) is 9.20 Å². The Labute approximate surface area is 138 Å². The summed E-state index contributed by atoms with van der Waals surface area (Å²) in [6.07, 6.45) is 3.26. The highest BCUT2D eigenvalue weighted by Crippen LogP contribution is 2.21. The van der Waals surface area contributed by atoms with Gasteiger partial charge in [-0.25, -0.2) is 4.98 Å². The molecule has 0 aliphatic rings. The Morgan fingerprint density at radius 3 is 2.91 bits per heavy atom. The van der Waals surface area contributed by atoms with E-state index >= 15 is 0 Å². The van der Waals surface area contributed by atoms with Crippen LogP contribution in [-0.4, -0.2) is 20.4 Å². The topological polar surface area (TPSA) is 66.6 Å². The van der Waals surface area contributed by atoms with Gasteiger partial charge in [0.25, 0.3) is 5.91 Å². The Morgan fingerprint density at radius 2 is 2.17 bits per heavy atom. The fourth-order valence-corrected chi connectivity index (χ4v) is 2.65. The Bertz CT molecular complexity index is 873. The van der Waals surface area contributed by atoms with Crippen molar-refractivity contribution in [2.24, 2.45) is 0 Å². The molecule has 23 heavy (non-hydrogen) atoms. The zero-order chi connectivity index (χ0) is 16.4. The largest absolute Gasteiger partial charge is 0.508 e. The monoisotopic (exact) mass is 329 g/mol. The summed E-state index contributed by atoms with van der Waals surface area (Å²) < 4.78 is 1.70. The lowest BCUT2D eigenvalue weighted by Gasteiger charge is -2.07. The van der Waals surface area contributed by atoms with Crippen molar-refractivity contribution < 1.29 is 9.90 Å². The molecular formula is C17H16ClN3O2. The number of imidazole rings is 1. The maximum absolute atomic E-state index is 12.7. The molecule has 0 aliphatic heterocycles. The molecule has 0 radical (unpaired) electrons. The van der Waals surface area contributed by atoms with Gasteiger partial charge in [0.2, 0.25) is 0 Å². The number of pyridine rings is 1. The summed E-state index contributed by atoms with van der Waals surface area (Å²) in [6.45, 7) is 2.04. The lowest BCUT2D eigenvalue weighted by atomic mass is 10.2. The van der Waals surface area contributed by atoms with Crippen LogP contribution >= 0.6 is 11.6 Å². The van der Waals surface area contributed by atoms with Crippen LogP contribution in [0.25, 0.3) is 5.65 Å². The zero-order valence-electron chi connectivity index (χ0n) is 12.6. The number of amides is 1. The zero-order valence-corrected chi connectivity index (χ0v) is 13.3. The predicted octanol–water partition coefficient (Wildman–Crippen LogP) is 3.90. The number of phenolic OH excluding ortho intramolecular Hbond substituents is 1. The van der Waals surface area contributed by atoms with Crippen LogP contribution < -0.4 is 5.32 Å². The third-order valence-corrected chi connectivity index (χ3v) is 3.68.